The number of hydrogen-bond acceptors (Lipinski definition) is 4. The van der Waals surface area contributed by atoms with Crippen molar-refractivity contribution in [3.8, 4) is 5.95 Å². The molecule has 1 fully saturated rings. The van der Waals surface area contributed by atoms with E-state index in [9.17, 15) is 4.79 Å². The van der Waals surface area contributed by atoms with Crippen LogP contribution in [0.25, 0.3) is 5.95 Å². The maximum atomic E-state index is 12.6. The molecule has 7 nitrogen and oxygen atoms in total. The second-order valence-electron chi connectivity index (χ2n) is 6.14. The zero-order valence-electron chi connectivity index (χ0n) is 13.8. The Bertz CT molecular complexity index is 864. The van der Waals surface area contributed by atoms with Crippen molar-refractivity contribution in [2.24, 2.45) is 5.92 Å². The second kappa shape index (κ2) is 6.35. The Balaban J connectivity index is 1.47. The van der Waals surface area contributed by atoms with Crippen LogP contribution in [-0.2, 0) is 0 Å². The highest BCUT2D eigenvalue weighted by Crippen LogP contribution is 2.38. The molecule has 0 saturated carbocycles. The number of urea groups is 1. The van der Waals surface area contributed by atoms with Crippen LogP contribution in [0.5, 0.6) is 0 Å². The molecule has 7 heteroatoms. The number of hydrogen-bond donors (Lipinski definition) is 1. The molecule has 1 aliphatic rings. The Kier molecular flexibility index (Phi) is 3.89. The van der Waals surface area contributed by atoms with Crippen molar-refractivity contribution in [3.63, 3.8) is 0 Å². The molecule has 2 aromatic heterocycles. The van der Waals surface area contributed by atoms with E-state index in [1.807, 2.05) is 23.1 Å². The maximum absolute atomic E-state index is 12.6. The molecule has 3 aromatic rings. The van der Waals surface area contributed by atoms with Crippen molar-refractivity contribution in [1.29, 1.82) is 0 Å². The standard InChI is InChI=1S/C18H18N6O/c1-13-11-23(16(13)14-6-3-2-4-7-14)18(25)22-15-10-21-24(12-15)17-19-8-5-9-20-17/h2-10,12-13,16H,11H2,1H3,(H,22,25)/t13-,16-/m1/s1. The predicted molar refractivity (Wildman–Crippen MR) is 93.2 cm³/mol. The molecular formula is C18H18N6O. The lowest BCUT2D eigenvalue weighted by atomic mass is 9.85. The van der Waals surface area contributed by atoms with Crippen molar-refractivity contribution in [3.05, 3.63) is 66.7 Å². The summed E-state index contributed by atoms with van der Waals surface area (Å²) in [6.45, 7) is 2.90. The summed E-state index contributed by atoms with van der Waals surface area (Å²) in [4.78, 5) is 22.7. The Hall–Kier alpha value is -3.22. The van der Waals surface area contributed by atoms with Crippen molar-refractivity contribution in [2.75, 3.05) is 11.9 Å². The van der Waals surface area contributed by atoms with Gasteiger partial charge in [0.15, 0.2) is 0 Å². The van der Waals surface area contributed by atoms with Gasteiger partial charge < -0.3 is 10.2 Å². The average molecular weight is 334 g/mol. The molecule has 0 aliphatic carbocycles. The molecule has 2 atom stereocenters. The Morgan fingerprint density at radius 2 is 1.92 bits per heavy atom. The van der Waals surface area contributed by atoms with Crippen LogP contribution in [0.15, 0.2) is 61.2 Å². The number of rotatable bonds is 3. The number of likely N-dealkylation sites (tertiary alicyclic amines) is 1. The van der Waals surface area contributed by atoms with Crippen LogP contribution in [0, 0.1) is 5.92 Å². The molecule has 1 N–H and O–H groups in total. The number of nitrogens with one attached hydrogen (secondary N) is 1. The van der Waals surface area contributed by atoms with Crippen LogP contribution in [0.4, 0.5) is 10.5 Å². The van der Waals surface area contributed by atoms with Crippen LogP contribution in [0.2, 0.25) is 0 Å². The third-order valence-electron chi connectivity index (χ3n) is 4.35. The van der Waals surface area contributed by atoms with Gasteiger partial charge in [-0.2, -0.15) is 5.10 Å². The topological polar surface area (TPSA) is 75.9 Å². The van der Waals surface area contributed by atoms with Crippen LogP contribution in [0.3, 0.4) is 0 Å². The lowest BCUT2D eigenvalue weighted by molar-refractivity contribution is 0.0671. The number of amides is 2. The number of anilines is 1. The van der Waals surface area contributed by atoms with E-state index in [0.717, 1.165) is 12.1 Å². The van der Waals surface area contributed by atoms with Gasteiger partial charge in [0.25, 0.3) is 0 Å². The van der Waals surface area contributed by atoms with Gasteiger partial charge >= 0.3 is 6.03 Å². The molecule has 3 heterocycles. The van der Waals surface area contributed by atoms with E-state index in [-0.39, 0.29) is 12.1 Å². The van der Waals surface area contributed by atoms with Gasteiger partial charge in [-0.05, 0) is 17.5 Å². The summed E-state index contributed by atoms with van der Waals surface area (Å²) < 4.78 is 1.53. The predicted octanol–water partition coefficient (Wildman–Crippen LogP) is 2.89. The summed E-state index contributed by atoms with van der Waals surface area (Å²) in [5.41, 5.74) is 1.77. The van der Waals surface area contributed by atoms with Gasteiger partial charge in [-0.3, -0.25) is 0 Å². The quantitative estimate of drug-likeness (QED) is 0.799. The smallest absolute Gasteiger partial charge is 0.317 e. The van der Waals surface area contributed by atoms with Crippen LogP contribution in [0.1, 0.15) is 18.5 Å². The van der Waals surface area contributed by atoms with E-state index in [4.69, 9.17) is 0 Å². The van der Waals surface area contributed by atoms with Crippen molar-refractivity contribution < 1.29 is 4.79 Å². The molecule has 0 radical (unpaired) electrons. The molecule has 25 heavy (non-hydrogen) atoms. The Labute approximate surface area is 145 Å². The van der Waals surface area contributed by atoms with Crippen LogP contribution < -0.4 is 5.32 Å². The third kappa shape index (κ3) is 2.96. The summed E-state index contributed by atoms with van der Waals surface area (Å²) in [5, 5.41) is 7.10. The Morgan fingerprint density at radius 1 is 1.16 bits per heavy atom. The van der Waals surface area contributed by atoms with Gasteiger partial charge in [0, 0.05) is 18.9 Å². The molecule has 126 valence electrons. The third-order valence-corrected chi connectivity index (χ3v) is 4.35. The number of carbonyl (C=O) groups excluding carboxylic acids is 1. The summed E-state index contributed by atoms with van der Waals surface area (Å²) in [6, 6.07) is 11.8. The van der Waals surface area contributed by atoms with E-state index >= 15 is 0 Å². The van der Waals surface area contributed by atoms with Gasteiger partial charge in [0.1, 0.15) is 0 Å². The normalized spacial score (nSPS) is 19.3. The Morgan fingerprint density at radius 3 is 2.64 bits per heavy atom. The first-order valence-electron chi connectivity index (χ1n) is 8.17. The summed E-state index contributed by atoms with van der Waals surface area (Å²) in [5.74, 6) is 0.899. The highest BCUT2D eigenvalue weighted by atomic mass is 16.2. The van der Waals surface area contributed by atoms with E-state index in [1.54, 1.807) is 30.9 Å². The highest BCUT2D eigenvalue weighted by molar-refractivity contribution is 5.90. The van der Waals surface area contributed by atoms with Gasteiger partial charge in [0.2, 0.25) is 5.95 Å². The minimum absolute atomic E-state index is 0.105. The van der Waals surface area contributed by atoms with E-state index in [2.05, 4.69) is 39.4 Å². The number of aromatic nitrogens is 4. The molecule has 0 spiro atoms. The number of carbonyl (C=O) groups is 1. The van der Waals surface area contributed by atoms with Gasteiger partial charge in [0.05, 0.1) is 24.1 Å². The molecule has 1 aromatic carbocycles. The van der Waals surface area contributed by atoms with Crippen molar-refractivity contribution in [1.82, 2.24) is 24.6 Å². The van der Waals surface area contributed by atoms with E-state index in [1.165, 1.54) is 4.68 Å². The molecule has 1 saturated heterocycles. The van der Waals surface area contributed by atoms with E-state index < -0.39 is 0 Å². The van der Waals surface area contributed by atoms with Gasteiger partial charge in [-0.1, -0.05) is 37.3 Å². The van der Waals surface area contributed by atoms with Crippen LogP contribution in [-0.4, -0.2) is 37.2 Å². The fourth-order valence-corrected chi connectivity index (χ4v) is 3.16. The largest absolute Gasteiger partial charge is 0.322 e. The zero-order valence-corrected chi connectivity index (χ0v) is 13.8. The first kappa shape index (κ1) is 15.3. The fraction of sp³-hybridized carbons (Fsp3) is 0.222. The SMILES string of the molecule is C[C@@H]1CN(C(=O)Nc2cnn(-c3ncccn3)c2)[C@H]1c1ccccc1. The lowest BCUT2D eigenvalue weighted by Gasteiger charge is -2.46. The molecule has 0 unspecified atom stereocenters. The fourth-order valence-electron chi connectivity index (χ4n) is 3.16. The molecule has 1 aliphatic heterocycles. The molecule has 2 amide bonds. The maximum Gasteiger partial charge on any atom is 0.322 e. The first-order chi connectivity index (χ1) is 12.2. The highest BCUT2D eigenvalue weighted by Gasteiger charge is 2.40. The van der Waals surface area contributed by atoms with Gasteiger partial charge in [-0.25, -0.2) is 19.4 Å². The molecule has 4 rings (SSSR count). The first-order valence-corrected chi connectivity index (χ1v) is 8.17. The van der Waals surface area contributed by atoms with Crippen molar-refractivity contribution >= 4 is 11.7 Å². The summed E-state index contributed by atoms with van der Waals surface area (Å²) in [7, 11) is 0. The summed E-state index contributed by atoms with van der Waals surface area (Å²) in [6.07, 6.45) is 6.59. The number of nitrogens with zero attached hydrogens (tertiary/aromatic N) is 5. The minimum atomic E-state index is -0.125. The van der Waals surface area contributed by atoms with Gasteiger partial charge in [-0.15, -0.1) is 0 Å². The van der Waals surface area contributed by atoms with Crippen LogP contribution >= 0.6 is 0 Å². The zero-order chi connectivity index (χ0) is 17.2. The lowest BCUT2D eigenvalue weighted by Crippen LogP contribution is -2.53. The monoisotopic (exact) mass is 334 g/mol. The molecular weight excluding hydrogens is 316 g/mol. The van der Waals surface area contributed by atoms with Crippen molar-refractivity contribution in [2.45, 2.75) is 13.0 Å². The molecule has 0 bridgehead atoms. The summed E-state index contributed by atoms with van der Waals surface area (Å²) >= 11 is 0. The second-order valence-corrected chi connectivity index (χ2v) is 6.14. The van der Waals surface area contributed by atoms with E-state index in [0.29, 0.717) is 17.6 Å². The minimum Gasteiger partial charge on any atom is -0.317 e. The average Bonchev–Trinajstić information content (AvgIpc) is 3.09. The number of benzene rings is 1.